The Bertz CT molecular complexity index is 1650. The fraction of sp³-hybridized carbons (Fsp3) is 0.355. The number of nitrogens with one attached hydrogen (secondary N) is 1. The number of hydrogen-bond acceptors (Lipinski definition) is 11. The van der Waals surface area contributed by atoms with Crippen molar-refractivity contribution in [3.05, 3.63) is 76.1 Å². The van der Waals surface area contributed by atoms with Crippen LogP contribution in [-0.2, 0) is 25.6 Å². The first-order chi connectivity index (χ1) is 20.6. The van der Waals surface area contributed by atoms with E-state index in [2.05, 4.69) is 5.32 Å². The minimum Gasteiger partial charge on any atom is -0.508 e. The lowest BCUT2D eigenvalue weighted by Gasteiger charge is -2.53. The molecule has 0 aliphatic heterocycles. The van der Waals surface area contributed by atoms with Gasteiger partial charge in [0, 0.05) is 11.5 Å². The summed E-state index contributed by atoms with van der Waals surface area (Å²) in [6, 6.07) is 9.51. The minimum atomic E-state index is -3.02. The van der Waals surface area contributed by atoms with E-state index in [0.717, 1.165) is 5.56 Å². The maximum Gasteiger partial charge on any atom is 0.255 e. The van der Waals surface area contributed by atoms with Crippen LogP contribution in [0.2, 0.25) is 0 Å². The first-order valence-corrected chi connectivity index (χ1v) is 13.9. The van der Waals surface area contributed by atoms with Crippen LogP contribution in [-0.4, -0.2) is 91.7 Å². The predicted molar refractivity (Wildman–Crippen MR) is 157 cm³/mol. The monoisotopic (exact) mass is 606 g/mol. The van der Waals surface area contributed by atoms with Gasteiger partial charge in [-0.3, -0.25) is 24.1 Å². The summed E-state index contributed by atoms with van der Waals surface area (Å²) in [7, 11) is 2.87. The number of aliphatic hydroxyl groups excluding tert-OH is 3. The highest BCUT2D eigenvalue weighted by Gasteiger charge is 2.68. The van der Waals surface area contributed by atoms with Gasteiger partial charge in [0.25, 0.3) is 5.91 Å². The summed E-state index contributed by atoms with van der Waals surface area (Å²) in [4.78, 5) is 53.7. The molecule has 10 N–H and O–H groups in total. The lowest BCUT2D eigenvalue weighted by molar-refractivity contribution is -0.169. The van der Waals surface area contributed by atoms with Gasteiger partial charge in [0.15, 0.2) is 11.4 Å². The number of Topliss-reactive ketones (excluding diaryl/α,β-unsaturated/α-hetero) is 2. The zero-order valence-electron chi connectivity index (χ0n) is 24.2. The summed E-state index contributed by atoms with van der Waals surface area (Å²) in [6.07, 6.45) is -1.50. The highest BCUT2D eigenvalue weighted by atomic mass is 16.4. The number of rotatable bonds is 6. The lowest BCUT2D eigenvalue weighted by Crippen LogP contribution is -2.70. The maximum atomic E-state index is 14.1. The highest BCUT2D eigenvalue weighted by molar-refractivity contribution is 6.24. The van der Waals surface area contributed by atoms with Crippen molar-refractivity contribution in [2.75, 3.05) is 19.4 Å². The Hall–Kier alpha value is -4.56. The summed E-state index contributed by atoms with van der Waals surface area (Å²) in [5.74, 6) is -10.6. The number of nitrogens with zero attached hydrogens (tertiary/aromatic N) is 1. The molecule has 2 aromatic carbocycles. The average molecular weight is 607 g/mol. The van der Waals surface area contributed by atoms with E-state index in [1.807, 2.05) is 18.2 Å². The number of phenols is 1. The number of aromatic hydroxyl groups is 1. The number of aliphatic hydroxyl groups is 4. The molecule has 2 amide bonds. The van der Waals surface area contributed by atoms with Gasteiger partial charge in [-0.1, -0.05) is 43.3 Å². The summed E-state index contributed by atoms with van der Waals surface area (Å²) < 4.78 is 0. The van der Waals surface area contributed by atoms with Gasteiger partial charge >= 0.3 is 0 Å². The van der Waals surface area contributed by atoms with Crippen molar-refractivity contribution in [3.8, 4) is 5.75 Å². The second-order valence-electron chi connectivity index (χ2n) is 11.8. The third kappa shape index (κ3) is 4.39. The van der Waals surface area contributed by atoms with Crippen LogP contribution < -0.4 is 16.8 Å². The van der Waals surface area contributed by atoms with Crippen molar-refractivity contribution < 1.29 is 44.7 Å². The molecule has 0 heterocycles. The van der Waals surface area contributed by atoms with Crippen LogP contribution in [0.4, 0.5) is 5.69 Å². The van der Waals surface area contributed by atoms with Crippen molar-refractivity contribution in [2.24, 2.45) is 23.3 Å². The number of carbonyl (C=O) groups is 4. The molecule has 0 bridgehead atoms. The number of primary amides is 1. The number of likely N-dealkylation sites (N-methyl/N-ethyl adjacent to an activating group) is 1. The molecule has 1 fully saturated rings. The SMILES string of the molecule is CC1c2ccc(NC(=O)[C@@H](N)Cc3ccccc3)c(O)c2C(O)=C2C(=O)[C@]3(O)C(O)=C(C(N)=O)C(=O)[C@@H](N(C)C)C3C(O)C21. The van der Waals surface area contributed by atoms with Gasteiger partial charge in [-0.05, 0) is 43.6 Å². The van der Waals surface area contributed by atoms with Gasteiger partial charge in [0.1, 0.15) is 22.8 Å². The van der Waals surface area contributed by atoms with Crippen LogP contribution in [0.3, 0.4) is 0 Å². The van der Waals surface area contributed by atoms with E-state index in [1.54, 1.807) is 19.1 Å². The van der Waals surface area contributed by atoms with Gasteiger partial charge < -0.3 is 42.3 Å². The van der Waals surface area contributed by atoms with Crippen LogP contribution in [0.15, 0.2) is 59.4 Å². The van der Waals surface area contributed by atoms with Gasteiger partial charge in [-0.25, -0.2) is 0 Å². The number of carbonyl (C=O) groups excluding carboxylic acids is 4. The fourth-order valence-corrected chi connectivity index (χ4v) is 6.90. The van der Waals surface area contributed by atoms with Crippen molar-refractivity contribution >= 4 is 34.8 Å². The zero-order chi connectivity index (χ0) is 32.4. The molecule has 232 valence electrons. The minimum absolute atomic E-state index is 0.120. The zero-order valence-corrected chi connectivity index (χ0v) is 24.2. The number of fused-ring (bicyclic) bond motifs is 3. The third-order valence-corrected chi connectivity index (χ3v) is 9.02. The van der Waals surface area contributed by atoms with Crippen LogP contribution in [0, 0.1) is 11.8 Å². The number of anilines is 1. The van der Waals surface area contributed by atoms with E-state index in [1.165, 1.54) is 31.1 Å². The lowest BCUT2D eigenvalue weighted by atomic mass is 9.54. The van der Waals surface area contributed by atoms with Crippen molar-refractivity contribution in [3.63, 3.8) is 0 Å². The number of nitrogens with two attached hydrogens (primary N) is 2. The molecule has 3 aliphatic rings. The normalized spacial score (nSPS) is 28.8. The highest BCUT2D eigenvalue weighted by Crippen LogP contribution is 2.56. The average Bonchev–Trinajstić information content (AvgIpc) is 2.96. The van der Waals surface area contributed by atoms with E-state index >= 15 is 0 Å². The molecular weight excluding hydrogens is 572 g/mol. The molecule has 4 unspecified atom stereocenters. The molecule has 13 heteroatoms. The van der Waals surface area contributed by atoms with Crippen LogP contribution >= 0.6 is 0 Å². The third-order valence-electron chi connectivity index (χ3n) is 9.02. The summed E-state index contributed by atoms with van der Waals surface area (Å²) in [6.45, 7) is 1.62. The standard InChI is InChI=1S/C31H34N4O9/c1-12-14-9-10-16(34-30(43)15(32)11-13-7-5-4-6-8-13)23(36)18(14)24(37)19-17(12)25(38)21-22(35(2)3)26(39)20(29(33)42)28(41)31(21,44)27(19)40/h4-10,12,15,17,21-22,25,36-38,41,44H,11,32H2,1-3H3,(H2,33,42)(H,34,43)/t12?,15-,17?,21?,22-,25?,31-/m0/s1. The number of phenolic OH excluding ortho intramolecular Hbond substituents is 1. The summed E-state index contributed by atoms with van der Waals surface area (Å²) in [5.41, 5.74) is 7.63. The number of benzene rings is 2. The number of hydrogen-bond donors (Lipinski definition) is 8. The number of amides is 2. The molecule has 3 aliphatic carbocycles. The van der Waals surface area contributed by atoms with Gasteiger partial charge in [0.2, 0.25) is 11.7 Å². The van der Waals surface area contributed by atoms with E-state index in [4.69, 9.17) is 11.5 Å². The molecule has 0 spiro atoms. The molecule has 0 radical (unpaired) electrons. The molecule has 0 saturated heterocycles. The van der Waals surface area contributed by atoms with Crippen LogP contribution in [0.25, 0.3) is 5.76 Å². The molecule has 2 aromatic rings. The summed E-state index contributed by atoms with van der Waals surface area (Å²) in [5, 5.41) is 59.7. The fourth-order valence-electron chi connectivity index (χ4n) is 6.90. The first kappa shape index (κ1) is 30.9. The Kier molecular flexibility index (Phi) is 7.62. The van der Waals surface area contributed by atoms with Crippen LogP contribution in [0.1, 0.15) is 29.5 Å². The second-order valence-corrected chi connectivity index (χ2v) is 11.8. The smallest absolute Gasteiger partial charge is 0.255 e. The largest absolute Gasteiger partial charge is 0.508 e. The van der Waals surface area contributed by atoms with E-state index < -0.39 is 93.3 Å². The van der Waals surface area contributed by atoms with E-state index in [0.29, 0.717) is 5.56 Å². The number of ketones is 2. The molecule has 1 saturated carbocycles. The van der Waals surface area contributed by atoms with Crippen molar-refractivity contribution in [1.29, 1.82) is 0 Å². The topological polar surface area (TPSA) is 237 Å². The molecule has 44 heavy (non-hydrogen) atoms. The summed E-state index contributed by atoms with van der Waals surface area (Å²) >= 11 is 0. The molecular formula is C31H34N4O9. The quantitative estimate of drug-likeness (QED) is 0.161. The molecule has 7 atom stereocenters. The molecule has 13 nitrogen and oxygen atoms in total. The van der Waals surface area contributed by atoms with E-state index in [-0.39, 0.29) is 17.7 Å². The van der Waals surface area contributed by atoms with Gasteiger partial charge in [-0.15, -0.1) is 0 Å². The Morgan fingerprint density at radius 2 is 1.70 bits per heavy atom. The van der Waals surface area contributed by atoms with Crippen molar-refractivity contribution in [1.82, 2.24) is 4.90 Å². The molecule has 0 aromatic heterocycles. The first-order valence-electron chi connectivity index (χ1n) is 13.9. The van der Waals surface area contributed by atoms with Gasteiger partial charge in [-0.2, -0.15) is 0 Å². The Labute approximate surface area is 252 Å². The maximum absolute atomic E-state index is 14.1. The Morgan fingerprint density at radius 1 is 1.07 bits per heavy atom. The molecule has 5 rings (SSSR count). The predicted octanol–water partition coefficient (Wildman–Crippen LogP) is 0.00430. The van der Waals surface area contributed by atoms with Crippen molar-refractivity contribution in [2.45, 2.75) is 43.1 Å². The van der Waals surface area contributed by atoms with Crippen LogP contribution in [0.5, 0.6) is 5.75 Å². The second kappa shape index (κ2) is 10.9. The Balaban J connectivity index is 1.60. The van der Waals surface area contributed by atoms with E-state index in [9.17, 15) is 44.7 Å². The van der Waals surface area contributed by atoms with Gasteiger partial charge in [0.05, 0.1) is 35.4 Å². The Morgan fingerprint density at radius 3 is 2.30 bits per heavy atom.